The maximum Gasteiger partial charge on any atom is 0.335 e. The number of carboxylic acid groups (broad SMARTS) is 1. The summed E-state index contributed by atoms with van der Waals surface area (Å²) in [7, 11) is 0. The van der Waals surface area contributed by atoms with Crippen molar-refractivity contribution in [1.29, 1.82) is 0 Å². The van der Waals surface area contributed by atoms with Crippen molar-refractivity contribution < 1.29 is 29.4 Å². The van der Waals surface area contributed by atoms with E-state index < -0.39 is 45.9 Å². The van der Waals surface area contributed by atoms with Crippen LogP contribution in [0.3, 0.4) is 0 Å². The molecule has 0 aliphatic heterocycles. The standard InChI is InChI=1S/C9H9FN2O6/c10-3-1-4(7(13)8(14)9(15)16)6(11)5(2-3)12(17)18/h1-2,7-8,13-14H,11H2,(H,15,16). The minimum absolute atomic E-state index is 0.526. The molecule has 2 atom stereocenters. The third-order valence-electron chi connectivity index (χ3n) is 2.22. The lowest BCUT2D eigenvalue weighted by molar-refractivity contribution is -0.384. The van der Waals surface area contributed by atoms with E-state index in [9.17, 15) is 24.4 Å². The number of carboxylic acids is 1. The number of nitrogen functional groups attached to an aromatic ring is 1. The molecule has 0 amide bonds. The van der Waals surface area contributed by atoms with Crippen LogP contribution >= 0.6 is 0 Å². The van der Waals surface area contributed by atoms with Gasteiger partial charge >= 0.3 is 5.97 Å². The zero-order chi connectivity index (χ0) is 14.0. The zero-order valence-corrected chi connectivity index (χ0v) is 8.78. The second-order valence-electron chi connectivity index (χ2n) is 3.41. The number of carbonyl (C=O) groups is 1. The largest absolute Gasteiger partial charge is 0.479 e. The molecule has 0 radical (unpaired) electrons. The van der Waals surface area contributed by atoms with Crippen LogP contribution in [-0.2, 0) is 4.79 Å². The molecule has 0 saturated heterocycles. The van der Waals surface area contributed by atoms with Gasteiger partial charge in [-0.3, -0.25) is 10.1 Å². The molecular weight excluding hydrogens is 251 g/mol. The van der Waals surface area contributed by atoms with Crippen LogP contribution in [0.1, 0.15) is 11.7 Å². The van der Waals surface area contributed by atoms with E-state index in [2.05, 4.69) is 0 Å². The molecule has 0 aliphatic carbocycles. The Balaban J connectivity index is 3.32. The van der Waals surface area contributed by atoms with E-state index in [4.69, 9.17) is 15.9 Å². The summed E-state index contributed by atoms with van der Waals surface area (Å²) in [6.07, 6.45) is -4.34. The molecule has 2 unspecified atom stereocenters. The van der Waals surface area contributed by atoms with Crippen LogP contribution in [0.25, 0.3) is 0 Å². The summed E-state index contributed by atoms with van der Waals surface area (Å²) in [6, 6.07) is 1.15. The van der Waals surface area contributed by atoms with Gasteiger partial charge in [-0.15, -0.1) is 0 Å². The van der Waals surface area contributed by atoms with Crippen molar-refractivity contribution in [2.24, 2.45) is 0 Å². The second kappa shape index (κ2) is 4.94. The van der Waals surface area contributed by atoms with E-state index in [1.54, 1.807) is 0 Å². The number of anilines is 1. The Morgan fingerprint density at radius 3 is 2.44 bits per heavy atom. The molecule has 0 aliphatic rings. The van der Waals surface area contributed by atoms with E-state index in [-0.39, 0.29) is 0 Å². The lowest BCUT2D eigenvalue weighted by Crippen LogP contribution is -2.28. The lowest BCUT2D eigenvalue weighted by atomic mass is 10.0. The molecule has 0 saturated carbocycles. The van der Waals surface area contributed by atoms with E-state index >= 15 is 0 Å². The summed E-state index contributed by atoms with van der Waals surface area (Å²) in [5.74, 6) is -2.85. The van der Waals surface area contributed by atoms with Crippen molar-refractivity contribution in [3.05, 3.63) is 33.6 Å². The fraction of sp³-hybridized carbons (Fsp3) is 0.222. The normalized spacial score (nSPS) is 13.9. The fourth-order valence-electron chi connectivity index (χ4n) is 1.33. The number of hydrogen-bond donors (Lipinski definition) is 4. The van der Waals surface area contributed by atoms with Gasteiger partial charge in [-0.1, -0.05) is 0 Å². The van der Waals surface area contributed by atoms with E-state index in [1.165, 1.54) is 0 Å². The third kappa shape index (κ3) is 2.52. The molecule has 98 valence electrons. The molecule has 0 fully saturated rings. The Morgan fingerprint density at radius 2 is 2.00 bits per heavy atom. The van der Waals surface area contributed by atoms with Gasteiger partial charge in [0.25, 0.3) is 5.69 Å². The zero-order valence-electron chi connectivity index (χ0n) is 8.78. The molecule has 18 heavy (non-hydrogen) atoms. The highest BCUT2D eigenvalue weighted by Crippen LogP contribution is 2.32. The van der Waals surface area contributed by atoms with Gasteiger partial charge in [-0.2, -0.15) is 0 Å². The number of benzene rings is 1. The van der Waals surface area contributed by atoms with Gasteiger partial charge in [0, 0.05) is 5.56 Å². The topological polar surface area (TPSA) is 147 Å². The predicted molar refractivity (Wildman–Crippen MR) is 56.1 cm³/mol. The molecule has 0 aromatic heterocycles. The summed E-state index contributed by atoms with van der Waals surface area (Å²) in [5.41, 5.74) is 3.34. The average molecular weight is 260 g/mol. The molecular formula is C9H9FN2O6. The molecule has 8 nitrogen and oxygen atoms in total. The summed E-state index contributed by atoms with van der Waals surface area (Å²) < 4.78 is 13.1. The van der Waals surface area contributed by atoms with Gasteiger partial charge in [-0.05, 0) is 6.07 Å². The second-order valence-corrected chi connectivity index (χ2v) is 3.41. The Hall–Kier alpha value is -2.26. The van der Waals surface area contributed by atoms with Crippen molar-refractivity contribution >= 4 is 17.3 Å². The number of hydrogen-bond acceptors (Lipinski definition) is 6. The number of rotatable bonds is 4. The van der Waals surface area contributed by atoms with Crippen LogP contribution in [0.15, 0.2) is 12.1 Å². The first-order chi connectivity index (χ1) is 8.25. The van der Waals surface area contributed by atoms with Crippen molar-refractivity contribution in [3.8, 4) is 0 Å². The third-order valence-corrected chi connectivity index (χ3v) is 2.22. The first-order valence-electron chi connectivity index (χ1n) is 4.58. The molecule has 1 rings (SSSR count). The molecule has 0 spiro atoms. The molecule has 0 bridgehead atoms. The van der Waals surface area contributed by atoms with Crippen molar-refractivity contribution in [3.63, 3.8) is 0 Å². The maximum atomic E-state index is 13.1. The van der Waals surface area contributed by atoms with Gasteiger partial charge in [0.2, 0.25) is 0 Å². The molecule has 1 aromatic rings. The Labute approximate surface area is 99.2 Å². The minimum atomic E-state index is -2.27. The summed E-state index contributed by atoms with van der Waals surface area (Å²) in [6.45, 7) is 0. The van der Waals surface area contributed by atoms with Gasteiger partial charge < -0.3 is 21.1 Å². The number of halogens is 1. The first-order valence-corrected chi connectivity index (χ1v) is 4.58. The van der Waals surface area contributed by atoms with Crippen molar-refractivity contribution in [2.45, 2.75) is 12.2 Å². The molecule has 9 heteroatoms. The Kier molecular flexibility index (Phi) is 3.79. The summed E-state index contributed by atoms with van der Waals surface area (Å²) in [5, 5.41) is 37.6. The van der Waals surface area contributed by atoms with Crippen LogP contribution in [0.4, 0.5) is 15.8 Å². The Bertz CT molecular complexity index is 506. The van der Waals surface area contributed by atoms with Gasteiger partial charge in [0.05, 0.1) is 11.0 Å². The SMILES string of the molecule is Nc1c(C(O)C(O)C(=O)O)cc(F)cc1[N+](=O)[O-]. The number of aliphatic hydroxyl groups excluding tert-OH is 2. The van der Waals surface area contributed by atoms with Gasteiger partial charge in [0.15, 0.2) is 6.10 Å². The number of aliphatic hydroxyl groups is 2. The van der Waals surface area contributed by atoms with Crippen molar-refractivity contribution in [1.82, 2.24) is 0 Å². The summed E-state index contributed by atoms with van der Waals surface area (Å²) in [4.78, 5) is 20.0. The highest BCUT2D eigenvalue weighted by Gasteiger charge is 2.30. The first kappa shape index (κ1) is 13.8. The maximum absolute atomic E-state index is 13.1. The van der Waals surface area contributed by atoms with Crippen LogP contribution in [-0.4, -0.2) is 32.3 Å². The highest BCUT2D eigenvalue weighted by atomic mass is 19.1. The van der Waals surface area contributed by atoms with Crippen LogP contribution in [0.5, 0.6) is 0 Å². The monoisotopic (exact) mass is 260 g/mol. The van der Waals surface area contributed by atoms with Crippen LogP contribution in [0, 0.1) is 15.9 Å². The number of nitrogens with zero attached hydrogens (tertiary/aromatic N) is 1. The van der Waals surface area contributed by atoms with Crippen LogP contribution < -0.4 is 5.73 Å². The minimum Gasteiger partial charge on any atom is -0.479 e. The fourth-order valence-corrected chi connectivity index (χ4v) is 1.33. The van der Waals surface area contributed by atoms with E-state index in [0.717, 1.165) is 0 Å². The number of nitrogens with two attached hydrogens (primary N) is 1. The summed E-state index contributed by atoms with van der Waals surface area (Å²) >= 11 is 0. The van der Waals surface area contributed by atoms with E-state index in [1.807, 2.05) is 0 Å². The Morgan fingerprint density at radius 1 is 1.44 bits per heavy atom. The average Bonchev–Trinajstić information content (AvgIpc) is 2.29. The number of nitro groups is 1. The highest BCUT2D eigenvalue weighted by molar-refractivity contribution is 5.74. The molecule has 0 heterocycles. The number of nitro benzene ring substituents is 1. The smallest absolute Gasteiger partial charge is 0.335 e. The quantitative estimate of drug-likeness (QED) is 0.332. The van der Waals surface area contributed by atoms with Gasteiger partial charge in [-0.25, -0.2) is 9.18 Å². The van der Waals surface area contributed by atoms with E-state index in [0.29, 0.717) is 12.1 Å². The predicted octanol–water partition coefficient (Wildman–Crippen LogP) is -0.205. The van der Waals surface area contributed by atoms with Crippen molar-refractivity contribution in [2.75, 3.05) is 5.73 Å². The lowest BCUT2D eigenvalue weighted by Gasteiger charge is -2.16. The van der Waals surface area contributed by atoms with Gasteiger partial charge in [0.1, 0.15) is 17.6 Å². The number of aliphatic carboxylic acids is 1. The molecule has 5 N–H and O–H groups in total. The van der Waals surface area contributed by atoms with Crippen LogP contribution in [0.2, 0.25) is 0 Å². The molecule has 1 aromatic carbocycles.